The highest BCUT2D eigenvalue weighted by molar-refractivity contribution is 7.14. The van der Waals surface area contributed by atoms with Gasteiger partial charge >= 0.3 is 11.6 Å². The molecule has 2 amide bonds. The van der Waals surface area contributed by atoms with Crippen LogP contribution in [0.25, 0.3) is 0 Å². The van der Waals surface area contributed by atoms with Crippen molar-refractivity contribution in [2.24, 2.45) is 5.73 Å². The second kappa shape index (κ2) is 7.31. The molecule has 0 aliphatic heterocycles. The molecule has 1 atom stereocenters. The minimum atomic E-state index is -1.14. The third kappa shape index (κ3) is 4.13. The Bertz CT molecular complexity index is 872. The second-order valence-electron chi connectivity index (χ2n) is 5.24. The quantitative estimate of drug-likeness (QED) is 0.775. The molecule has 25 heavy (non-hydrogen) atoms. The third-order valence-electron chi connectivity index (χ3n) is 3.36. The average Bonchev–Trinajstić information content (AvgIpc) is 2.94. The maximum atomic E-state index is 12.3. The number of nitrogens with one attached hydrogen (secondary N) is 1. The van der Waals surface area contributed by atoms with Crippen LogP contribution in [-0.4, -0.2) is 23.9 Å². The number of aryl methyl sites for hydroxylation is 2. The molecule has 2 rings (SSSR count). The first-order valence-corrected chi connectivity index (χ1v) is 8.09. The maximum absolute atomic E-state index is 12.3. The van der Waals surface area contributed by atoms with Crippen LogP contribution in [-0.2, 0) is 9.53 Å². The first kappa shape index (κ1) is 18.4. The molecule has 0 aliphatic rings. The van der Waals surface area contributed by atoms with Gasteiger partial charge in [-0.15, -0.1) is 11.3 Å². The van der Waals surface area contributed by atoms with E-state index in [9.17, 15) is 19.2 Å². The van der Waals surface area contributed by atoms with Crippen molar-refractivity contribution in [2.45, 2.75) is 26.9 Å². The molecule has 0 aliphatic carbocycles. The summed E-state index contributed by atoms with van der Waals surface area (Å²) in [6.45, 7) is 4.41. The van der Waals surface area contributed by atoms with Crippen LogP contribution < -0.4 is 16.7 Å². The van der Waals surface area contributed by atoms with Crippen molar-refractivity contribution in [3.8, 4) is 0 Å². The van der Waals surface area contributed by atoms with Crippen molar-refractivity contribution in [1.82, 2.24) is 0 Å². The zero-order chi connectivity index (χ0) is 18.7. The molecule has 0 fully saturated rings. The Kier molecular flexibility index (Phi) is 5.38. The summed E-state index contributed by atoms with van der Waals surface area (Å²) in [7, 11) is 0. The van der Waals surface area contributed by atoms with E-state index in [1.165, 1.54) is 26.0 Å². The molecule has 0 aromatic carbocycles. The van der Waals surface area contributed by atoms with Crippen LogP contribution in [0.1, 0.15) is 39.0 Å². The van der Waals surface area contributed by atoms with Gasteiger partial charge in [0.1, 0.15) is 16.3 Å². The summed E-state index contributed by atoms with van der Waals surface area (Å²) in [6, 6.07) is 2.65. The summed E-state index contributed by atoms with van der Waals surface area (Å²) in [5.41, 5.74) is 5.29. The number of anilines is 1. The molecule has 2 heterocycles. The Labute approximate surface area is 146 Å². The molecule has 2 aromatic heterocycles. The SMILES string of the molecule is Cc1cc(=O)oc(C)c1C(=O)OC(C)C(=O)Nc1sccc1C(N)=O. The van der Waals surface area contributed by atoms with Gasteiger partial charge in [-0.2, -0.15) is 0 Å². The zero-order valence-electron chi connectivity index (χ0n) is 13.7. The van der Waals surface area contributed by atoms with Gasteiger partial charge in [0.25, 0.3) is 11.8 Å². The molecule has 0 radical (unpaired) electrons. The van der Waals surface area contributed by atoms with Gasteiger partial charge in [0.05, 0.1) is 5.56 Å². The summed E-state index contributed by atoms with van der Waals surface area (Å²) in [4.78, 5) is 46.9. The lowest BCUT2D eigenvalue weighted by atomic mass is 10.1. The summed E-state index contributed by atoms with van der Waals surface area (Å²) in [5.74, 6) is -1.97. The van der Waals surface area contributed by atoms with Crippen LogP contribution in [0.3, 0.4) is 0 Å². The van der Waals surface area contributed by atoms with Crippen LogP contribution in [0.5, 0.6) is 0 Å². The van der Waals surface area contributed by atoms with Crippen molar-refractivity contribution in [2.75, 3.05) is 5.32 Å². The highest BCUT2D eigenvalue weighted by Gasteiger charge is 2.24. The molecule has 132 valence electrons. The van der Waals surface area contributed by atoms with E-state index in [4.69, 9.17) is 14.9 Å². The molecule has 1 unspecified atom stereocenters. The topological polar surface area (TPSA) is 129 Å². The largest absolute Gasteiger partial charge is 0.449 e. The van der Waals surface area contributed by atoms with Gasteiger partial charge in [-0.1, -0.05) is 0 Å². The second-order valence-corrected chi connectivity index (χ2v) is 6.16. The predicted octanol–water partition coefficient (Wildman–Crippen LogP) is 1.60. The molecule has 0 saturated heterocycles. The number of primary amides is 1. The molecular weight excluding hydrogens is 348 g/mol. The molecule has 2 aromatic rings. The summed E-state index contributed by atoms with van der Waals surface area (Å²) >= 11 is 1.12. The fourth-order valence-electron chi connectivity index (χ4n) is 2.15. The van der Waals surface area contributed by atoms with Crippen LogP contribution >= 0.6 is 11.3 Å². The molecule has 0 saturated carbocycles. The van der Waals surface area contributed by atoms with Gasteiger partial charge < -0.3 is 20.2 Å². The minimum absolute atomic E-state index is 0.0909. The molecule has 8 nitrogen and oxygen atoms in total. The molecule has 0 bridgehead atoms. The van der Waals surface area contributed by atoms with E-state index in [1.54, 1.807) is 12.3 Å². The van der Waals surface area contributed by atoms with E-state index in [-0.39, 0.29) is 21.9 Å². The highest BCUT2D eigenvalue weighted by Crippen LogP contribution is 2.23. The number of ether oxygens (including phenoxy) is 1. The number of carbonyl (C=O) groups excluding carboxylic acids is 3. The standard InChI is InChI=1S/C16H16N2O6S/c1-7-6-11(19)23-8(2)12(7)16(22)24-9(3)14(21)18-15-10(13(17)20)4-5-25-15/h4-6,9H,1-3H3,(H2,17,20)(H,18,21). The minimum Gasteiger partial charge on any atom is -0.449 e. The normalized spacial score (nSPS) is 11.6. The summed E-state index contributed by atoms with van der Waals surface area (Å²) in [5, 5.41) is 4.37. The van der Waals surface area contributed by atoms with E-state index in [2.05, 4.69) is 5.32 Å². The van der Waals surface area contributed by atoms with Gasteiger partial charge in [0, 0.05) is 6.07 Å². The van der Waals surface area contributed by atoms with Crippen LogP contribution in [0, 0.1) is 13.8 Å². The zero-order valence-corrected chi connectivity index (χ0v) is 14.6. The lowest BCUT2D eigenvalue weighted by Crippen LogP contribution is -2.31. The molecular formula is C16H16N2O6S. The number of carbonyl (C=O) groups is 3. The van der Waals surface area contributed by atoms with Crippen molar-refractivity contribution >= 4 is 34.1 Å². The molecule has 3 N–H and O–H groups in total. The van der Waals surface area contributed by atoms with Gasteiger partial charge in [0.15, 0.2) is 6.10 Å². The van der Waals surface area contributed by atoms with E-state index >= 15 is 0 Å². The Morgan fingerprint density at radius 3 is 2.60 bits per heavy atom. The maximum Gasteiger partial charge on any atom is 0.342 e. The Balaban J connectivity index is 2.11. The molecule has 9 heteroatoms. The van der Waals surface area contributed by atoms with Gasteiger partial charge in [-0.25, -0.2) is 9.59 Å². The first-order chi connectivity index (χ1) is 11.7. The van der Waals surface area contributed by atoms with Gasteiger partial charge in [-0.3, -0.25) is 9.59 Å². The van der Waals surface area contributed by atoms with E-state index < -0.39 is 29.5 Å². The smallest absolute Gasteiger partial charge is 0.342 e. The van der Waals surface area contributed by atoms with E-state index in [0.717, 1.165) is 11.3 Å². The predicted molar refractivity (Wildman–Crippen MR) is 90.8 cm³/mol. The van der Waals surface area contributed by atoms with Crippen LogP contribution in [0.2, 0.25) is 0 Å². The number of esters is 1. The van der Waals surface area contributed by atoms with E-state index in [0.29, 0.717) is 5.56 Å². The van der Waals surface area contributed by atoms with Crippen molar-refractivity contribution in [3.63, 3.8) is 0 Å². The Hall–Kier alpha value is -2.94. The van der Waals surface area contributed by atoms with Crippen LogP contribution in [0.15, 0.2) is 26.7 Å². The monoisotopic (exact) mass is 364 g/mol. The van der Waals surface area contributed by atoms with Gasteiger partial charge in [-0.05, 0) is 37.8 Å². The number of hydrogen-bond donors (Lipinski definition) is 2. The number of hydrogen-bond acceptors (Lipinski definition) is 7. The summed E-state index contributed by atoms with van der Waals surface area (Å²) in [6.07, 6.45) is -1.14. The fraction of sp³-hybridized carbons (Fsp3) is 0.250. The first-order valence-electron chi connectivity index (χ1n) is 7.21. The van der Waals surface area contributed by atoms with Crippen LogP contribution in [0.4, 0.5) is 5.00 Å². The number of nitrogens with two attached hydrogens (primary N) is 1. The Morgan fingerprint density at radius 2 is 2.00 bits per heavy atom. The average molecular weight is 364 g/mol. The van der Waals surface area contributed by atoms with Crippen molar-refractivity contribution in [3.05, 3.63) is 50.4 Å². The Morgan fingerprint density at radius 1 is 1.32 bits per heavy atom. The number of amides is 2. The third-order valence-corrected chi connectivity index (χ3v) is 4.19. The van der Waals surface area contributed by atoms with Crippen molar-refractivity contribution < 1.29 is 23.5 Å². The fourth-order valence-corrected chi connectivity index (χ4v) is 2.94. The number of thiophene rings is 1. The summed E-state index contributed by atoms with van der Waals surface area (Å²) < 4.78 is 10.00. The number of rotatable bonds is 5. The highest BCUT2D eigenvalue weighted by atomic mass is 32.1. The lowest BCUT2D eigenvalue weighted by Gasteiger charge is -2.14. The van der Waals surface area contributed by atoms with Crippen molar-refractivity contribution in [1.29, 1.82) is 0 Å². The van der Waals surface area contributed by atoms with E-state index in [1.807, 2.05) is 0 Å². The molecule has 0 spiro atoms. The van der Waals surface area contributed by atoms with Gasteiger partial charge in [0.2, 0.25) is 0 Å². The lowest BCUT2D eigenvalue weighted by molar-refractivity contribution is -0.123.